The van der Waals surface area contributed by atoms with E-state index < -0.39 is 11.2 Å². The van der Waals surface area contributed by atoms with Crippen molar-refractivity contribution in [2.75, 3.05) is 18.8 Å². The van der Waals surface area contributed by atoms with Crippen molar-refractivity contribution in [2.24, 2.45) is 0 Å². The second-order valence-corrected chi connectivity index (χ2v) is 7.38. The molecule has 7 heteroatoms. The highest BCUT2D eigenvalue weighted by Gasteiger charge is 2.23. The molecule has 0 aliphatic rings. The molecule has 31 heavy (non-hydrogen) atoms. The Morgan fingerprint density at radius 3 is 2.03 bits per heavy atom. The van der Waals surface area contributed by atoms with Crippen molar-refractivity contribution >= 4 is 11.6 Å². The Kier molecular flexibility index (Phi) is 7.20. The topological polar surface area (TPSA) is 90.3 Å². The van der Waals surface area contributed by atoms with E-state index in [2.05, 4.69) is 0 Å². The summed E-state index contributed by atoms with van der Waals surface area (Å²) in [6, 6.07) is 19.2. The van der Waals surface area contributed by atoms with Crippen LogP contribution < -0.4 is 17.0 Å². The monoisotopic (exact) mass is 420 g/mol. The lowest BCUT2D eigenvalue weighted by Crippen LogP contribution is -2.45. The molecule has 0 saturated heterocycles. The van der Waals surface area contributed by atoms with E-state index in [1.165, 1.54) is 4.57 Å². The SMILES string of the molecule is CCN(CC(=O)c1c(N)n(Cc2ccccc2)c(=O)n(CC)c1=O)Cc1ccccc1. The number of likely N-dealkylation sites (N-methyl/N-ethyl adjacent to an activating group) is 1. The molecule has 0 saturated carbocycles. The average Bonchev–Trinajstić information content (AvgIpc) is 2.78. The molecule has 0 bridgehead atoms. The summed E-state index contributed by atoms with van der Waals surface area (Å²) in [7, 11) is 0. The van der Waals surface area contributed by atoms with Crippen molar-refractivity contribution in [1.29, 1.82) is 0 Å². The van der Waals surface area contributed by atoms with Crippen LogP contribution in [-0.4, -0.2) is 32.9 Å². The number of hydrogen-bond donors (Lipinski definition) is 1. The zero-order chi connectivity index (χ0) is 22.4. The van der Waals surface area contributed by atoms with Crippen LogP contribution in [0.4, 0.5) is 5.82 Å². The molecule has 3 aromatic rings. The van der Waals surface area contributed by atoms with Gasteiger partial charge in [-0.15, -0.1) is 0 Å². The normalized spacial score (nSPS) is 11.1. The van der Waals surface area contributed by atoms with Crippen LogP contribution in [0.2, 0.25) is 0 Å². The van der Waals surface area contributed by atoms with Crippen molar-refractivity contribution in [3.05, 3.63) is 98.2 Å². The van der Waals surface area contributed by atoms with Crippen molar-refractivity contribution < 1.29 is 4.79 Å². The van der Waals surface area contributed by atoms with E-state index in [9.17, 15) is 14.4 Å². The molecule has 2 N–H and O–H groups in total. The molecule has 3 rings (SSSR count). The second-order valence-electron chi connectivity index (χ2n) is 7.38. The van der Waals surface area contributed by atoms with Crippen LogP contribution in [-0.2, 0) is 19.6 Å². The van der Waals surface area contributed by atoms with Crippen molar-refractivity contribution in [1.82, 2.24) is 14.0 Å². The van der Waals surface area contributed by atoms with Crippen LogP contribution in [0, 0.1) is 0 Å². The predicted molar refractivity (Wildman–Crippen MR) is 122 cm³/mol. The van der Waals surface area contributed by atoms with Gasteiger partial charge in [0, 0.05) is 13.1 Å². The van der Waals surface area contributed by atoms with Crippen molar-refractivity contribution in [2.45, 2.75) is 33.5 Å². The number of Topliss-reactive ketones (excluding diaryl/α,β-unsaturated/α-hetero) is 1. The van der Waals surface area contributed by atoms with E-state index in [1.807, 2.05) is 72.5 Å². The minimum atomic E-state index is -0.630. The number of carbonyl (C=O) groups is 1. The lowest BCUT2D eigenvalue weighted by molar-refractivity contribution is 0.0927. The van der Waals surface area contributed by atoms with Gasteiger partial charge in [-0.1, -0.05) is 67.6 Å². The third-order valence-electron chi connectivity index (χ3n) is 5.31. The fraction of sp³-hybridized carbons (Fsp3) is 0.292. The number of nitrogens with two attached hydrogens (primary N) is 1. The molecule has 0 atom stereocenters. The maximum atomic E-state index is 13.2. The number of rotatable bonds is 9. The molecule has 0 amide bonds. The molecule has 0 unspecified atom stereocenters. The van der Waals surface area contributed by atoms with Gasteiger partial charge in [0.2, 0.25) is 0 Å². The Morgan fingerprint density at radius 2 is 1.48 bits per heavy atom. The van der Waals surface area contributed by atoms with E-state index in [1.54, 1.807) is 6.92 Å². The van der Waals surface area contributed by atoms with Crippen molar-refractivity contribution in [3.8, 4) is 0 Å². The molecule has 2 aromatic carbocycles. The van der Waals surface area contributed by atoms with Gasteiger partial charge in [-0.3, -0.25) is 23.6 Å². The zero-order valence-electron chi connectivity index (χ0n) is 18.0. The first-order valence-electron chi connectivity index (χ1n) is 10.4. The van der Waals surface area contributed by atoms with E-state index >= 15 is 0 Å². The van der Waals surface area contributed by atoms with E-state index in [-0.39, 0.29) is 36.8 Å². The molecular formula is C24H28N4O3. The Bertz CT molecular complexity index is 1150. The maximum absolute atomic E-state index is 13.2. The quantitative estimate of drug-likeness (QED) is 0.537. The molecule has 7 nitrogen and oxygen atoms in total. The first kappa shape index (κ1) is 22.2. The third kappa shape index (κ3) is 5.00. The van der Waals surface area contributed by atoms with E-state index in [0.717, 1.165) is 15.7 Å². The molecule has 0 fully saturated rings. The summed E-state index contributed by atoms with van der Waals surface area (Å²) in [5, 5.41) is 0. The molecule has 0 aliphatic heterocycles. The third-order valence-corrected chi connectivity index (χ3v) is 5.31. The van der Waals surface area contributed by atoms with Crippen LogP contribution in [0.25, 0.3) is 0 Å². The summed E-state index contributed by atoms with van der Waals surface area (Å²) >= 11 is 0. The fourth-order valence-electron chi connectivity index (χ4n) is 3.58. The van der Waals surface area contributed by atoms with Crippen molar-refractivity contribution in [3.63, 3.8) is 0 Å². The van der Waals surface area contributed by atoms with Gasteiger partial charge in [-0.05, 0) is 24.6 Å². The van der Waals surface area contributed by atoms with Gasteiger partial charge in [-0.25, -0.2) is 4.79 Å². The van der Waals surface area contributed by atoms with Gasteiger partial charge in [0.1, 0.15) is 11.4 Å². The number of ketones is 1. The second kappa shape index (κ2) is 10.0. The van der Waals surface area contributed by atoms with E-state index in [0.29, 0.717) is 13.1 Å². The Hall–Kier alpha value is -3.45. The predicted octanol–water partition coefficient (Wildman–Crippen LogP) is 2.37. The standard InChI is InChI=1S/C24H28N4O3/c1-3-26(15-18-11-7-5-8-12-18)17-20(29)21-22(25)28(16-19-13-9-6-10-14-19)24(31)27(4-2)23(21)30/h5-14H,3-4,15-17,25H2,1-2H3. The van der Waals surface area contributed by atoms with Crippen LogP contribution >= 0.6 is 0 Å². The summed E-state index contributed by atoms with van der Waals surface area (Å²) < 4.78 is 2.38. The highest BCUT2D eigenvalue weighted by atomic mass is 16.2. The molecule has 162 valence electrons. The minimum Gasteiger partial charge on any atom is -0.384 e. The molecule has 1 heterocycles. The Balaban J connectivity index is 1.97. The van der Waals surface area contributed by atoms with Gasteiger partial charge in [-0.2, -0.15) is 0 Å². The summed E-state index contributed by atoms with van der Waals surface area (Å²) in [5.41, 5.74) is 6.91. The first-order chi connectivity index (χ1) is 15.0. The summed E-state index contributed by atoms with van der Waals surface area (Å²) in [6.07, 6.45) is 0. The largest absolute Gasteiger partial charge is 0.384 e. The molecule has 0 aliphatic carbocycles. The van der Waals surface area contributed by atoms with Crippen LogP contribution in [0.3, 0.4) is 0 Å². The number of hydrogen-bond acceptors (Lipinski definition) is 5. The fourth-order valence-corrected chi connectivity index (χ4v) is 3.58. The van der Waals surface area contributed by atoms with Crippen LogP contribution in [0.1, 0.15) is 35.3 Å². The van der Waals surface area contributed by atoms with Gasteiger partial charge < -0.3 is 5.73 Å². The Morgan fingerprint density at radius 1 is 0.903 bits per heavy atom. The summed E-state index contributed by atoms with van der Waals surface area (Å²) in [6.45, 7) is 5.26. The lowest BCUT2D eigenvalue weighted by atomic mass is 10.1. The molecule has 0 spiro atoms. The minimum absolute atomic E-state index is 0.0398. The smallest absolute Gasteiger partial charge is 0.332 e. The number of carbonyl (C=O) groups excluding carboxylic acids is 1. The number of benzene rings is 2. The highest BCUT2D eigenvalue weighted by Crippen LogP contribution is 2.12. The summed E-state index contributed by atoms with van der Waals surface area (Å²) in [4.78, 5) is 40.9. The Labute approximate surface area is 181 Å². The van der Waals surface area contributed by atoms with Gasteiger partial charge in [0.25, 0.3) is 5.56 Å². The molecule has 0 radical (unpaired) electrons. The molecule has 1 aromatic heterocycles. The van der Waals surface area contributed by atoms with Gasteiger partial charge in [0.15, 0.2) is 5.78 Å². The molecular weight excluding hydrogens is 392 g/mol. The average molecular weight is 421 g/mol. The van der Waals surface area contributed by atoms with Crippen LogP contribution in [0.5, 0.6) is 0 Å². The zero-order valence-corrected chi connectivity index (χ0v) is 18.0. The highest BCUT2D eigenvalue weighted by molar-refractivity contribution is 6.01. The number of nitrogens with zero attached hydrogens (tertiary/aromatic N) is 3. The maximum Gasteiger partial charge on any atom is 0.332 e. The van der Waals surface area contributed by atoms with Gasteiger partial charge >= 0.3 is 5.69 Å². The first-order valence-corrected chi connectivity index (χ1v) is 10.4. The number of aromatic nitrogens is 2. The van der Waals surface area contributed by atoms with E-state index in [4.69, 9.17) is 5.73 Å². The number of nitrogen functional groups attached to an aromatic ring is 1. The summed E-state index contributed by atoms with van der Waals surface area (Å²) in [5.74, 6) is -0.464. The van der Waals surface area contributed by atoms with Crippen LogP contribution in [0.15, 0.2) is 70.3 Å². The number of anilines is 1. The lowest BCUT2D eigenvalue weighted by Gasteiger charge is -2.21. The van der Waals surface area contributed by atoms with Gasteiger partial charge in [0.05, 0.1) is 13.1 Å².